The molecule has 1 aliphatic rings. The Balaban J connectivity index is 1.31. The van der Waals surface area contributed by atoms with Gasteiger partial charge in [0.15, 0.2) is 0 Å². The van der Waals surface area contributed by atoms with Gasteiger partial charge in [-0.25, -0.2) is 0 Å². The van der Waals surface area contributed by atoms with Crippen LogP contribution in [0.3, 0.4) is 0 Å². The van der Waals surface area contributed by atoms with E-state index in [0.29, 0.717) is 18.8 Å². The molecule has 0 aliphatic carbocycles. The zero-order chi connectivity index (χ0) is 22.8. The van der Waals surface area contributed by atoms with E-state index in [1.807, 2.05) is 48.7 Å². The fourth-order valence-electron chi connectivity index (χ4n) is 4.49. The number of amides is 2. The van der Waals surface area contributed by atoms with Crippen molar-refractivity contribution in [1.29, 1.82) is 0 Å². The molecule has 0 bridgehead atoms. The van der Waals surface area contributed by atoms with Gasteiger partial charge in [0.25, 0.3) is 0 Å². The Morgan fingerprint density at radius 1 is 1.21 bits per heavy atom. The van der Waals surface area contributed by atoms with Crippen molar-refractivity contribution in [3.8, 4) is 5.75 Å². The smallest absolute Gasteiger partial charge is 0.227 e. The number of aromatic amines is 1. The van der Waals surface area contributed by atoms with Gasteiger partial charge in [-0.15, -0.1) is 11.3 Å². The summed E-state index contributed by atoms with van der Waals surface area (Å²) in [6.07, 6.45) is 2.24. The number of methoxy groups -OCH3 is 1. The number of nitrogens with zero attached hydrogens (tertiary/aromatic N) is 1. The Kier molecular flexibility index (Phi) is 5.88. The number of fused-ring (bicyclic) bond motifs is 1. The molecule has 33 heavy (non-hydrogen) atoms. The van der Waals surface area contributed by atoms with Crippen LogP contribution in [-0.2, 0) is 9.59 Å². The Morgan fingerprint density at radius 3 is 2.91 bits per heavy atom. The molecule has 0 radical (unpaired) electrons. The van der Waals surface area contributed by atoms with E-state index >= 15 is 0 Å². The van der Waals surface area contributed by atoms with Gasteiger partial charge in [-0.3, -0.25) is 9.59 Å². The zero-order valence-electron chi connectivity index (χ0n) is 18.3. The molecule has 2 atom stereocenters. The number of thiophene rings is 1. The van der Waals surface area contributed by atoms with Gasteiger partial charge in [-0.05, 0) is 35.2 Å². The molecule has 2 aromatic heterocycles. The molecule has 1 aliphatic heterocycles. The average Bonchev–Trinajstić information content (AvgIpc) is 3.60. The first kappa shape index (κ1) is 21.3. The molecule has 4 aromatic rings. The fourth-order valence-corrected chi connectivity index (χ4v) is 5.34. The number of carbonyl (C=O) groups excluding carboxylic acids is 2. The molecule has 7 heteroatoms. The molecule has 2 aromatic carbocycles. The first-order chi connectivity index (χ1) is 16.1. The number of para-hydroxylation sites is 1. The van der Waals surface area contributed by atoms with Crippen LogP contribution in [0.2, 0.25) is 0 Å². The highest BCUT2D eigenvalue weighted by atomic mass is 32.1. The summed E-state index contributed by atoms with van der Waals surface area (Å²) < 4.78 is 5.27. The third-order valence-corrected chi connectivity index (χ3v) is 7.21. The van der Waals surface area contributed by atoms with Crippen LogP contribution < -0.4 is 15.0 Å². The summed E-state index contributed by atoms with van der Waals surface area (Å²) in [6, 6.07) is 19.7. The van der Waals surface area contributed by atoms with Gasteiger partial charge >= 0.3 is 0 Å². The van der Waals surface area contributed by atoms with E-state index in [1.165, 1.54) is 4.88 Å². The van der Waals surface area contributed by atoms with Crippen molar-refractivity contribution < 1.29 is 14.3 Å². The quantitative estimate of drug-likeness (QED) is 0.426. The van der Waals surface area contributed by atoms with E-state index in [1.54, 1.807) is 23.3 Å². The summed E-state index contributed by atoms with van der Waals surface area (Å²) in [5.41, 5.74) is 2.99. The van der Waals surface area contributed by atoms with E-state index in [2.05, 4.69) is 33.9 Å². The summed E-state index contributed by atoms with van der Waals surface area (Å²) in [6.45, 7) is 0.847. The van der Waals surface area contributed by atoms with Crippen molar-refractivity contribution in [3.05, 3.63) is 82.7 Å². The van der Waals surface area contributed by atoms with Gasteiger partial charge in [0, 0.05) is 59.2 Å². The van der Waals surface area contributed by atoms with E-state index in [-0.39, 0.29) is 30.1 Å². The lowest BCUT2D eigenvalue weighted by atomic mass is 9.96. The van der Waals surface area contributed by atoms with Gasteiger partial charge in [0.1, 0.15) is 5.75 Å². The Hall–Kier alpha value is -3.58. The molecular formula is C26H25N3O3S. The van der Waals surface area contributed by atoms with Gasteiger partial charge < -0.3 is 19.9 Å². The molecule has 6 nitrogen and oxygen atoms in total. The molecule has 0 saturated carbocycles. The molecule has 2 amide bonds. The lowest BCUT2D eigenvalue weighted by Gasteiger charge is -2.19. The molecule has 3 heterocycles. The maximum atomic E-state index is 13.1. The van der Waals surface area contributed by atoms with Crippen molar-refractivity contribution in [3.63, 3.8) is 0 Å². The summed E-state index contributed by atoms with van der Waals surface area (Å²) in [5, 5.41) is 6.35. The van der Waals surface area contributed by atoms with Crippen molar-refractivity contribution in [2.45, 2.75) is 12.3 Å². The number of benzene rings is 2. The van der Waals surface area contributed by atoms with E-state index < -0.39 is 0 Å². The van der Waals surface area contributed by atoms with Crippen LogP contribution in [0.5, 0.6) is 5.75 Å². The second-order valence-electron chi connectivity index (χ2n) is 8.21. The number of aromatic nitrogens is 1. The number of hydrogen-bond acceptors (Lipinski definition) is 4. The van der Waals surface area contributed by atoms with E-state index in [4.69, 9.17) is 4.74 Å². The second kappa shape index (κ2) is 9.11. The lowest BCUT2D eigenvalue weighted by molar-refractivity contribution is -0.126. The fraction of sp³-hybridized carbons (Fsp3) is 0.231. The van der Waals surface area contributed by atoms with Gasteiger partial charge in [0.2, 0.25) is 11.8 Å². The van der Waals surface area contributed by atoms with Crippen LogP contribution in [0.1, 0.15) is 22.8 Å². The Bertz CT molecular complexity index is 1280. The third-order valence-electron chi connectivity index (χ3n) is 6.22. The monoisotopic (exact) mass is 459 g/mol. The minimum absolute atomic E-state index is 0.0386. The molecule has 0 unspecified atom stereocenters. The standard InChI is InChI=1S/C26H25N3O3S/c1-32-19-7-4-6-18(13-19)29-16-17(12-25(29)30)26(31)28-15-22(24-10-5-11-33-24)21-14-27-23-9-3-2-8-20(21)23/h2-11,13-14,17,22,27H,12,15-16H2,1H3,(H,28,31)/t17-,22+/m1/s1. The van der Waals surface area contributed by atoms with Crippen LogP contribution >= 0.6 is 11.3 Å². The molecule has 1 fully saturated rings. The SMILES string of the molecule is COc1cccc(N2C[C@H](C(=O)NC[C@H](c3cccs3)c3c[nH]c4ccccc34)CC2=O)c1. The summed E-state index contributed by atoms with van der Waals surface area (Å²) in [5.74, 6) is 0.211. The predicted octanol–water partition coefficient (Wildman–Crippen LogP) is 4.54. The number of nitrogens with one attached hydrogen (secondary N) is 2. The highest BCUT2D eigenvalue weighted by Crippen LogP contribution is 2.33. The average molecular weight is 460 g/mol. The number of rotatable bonds is 7. The topological polar surface area (TPSA) is 74.4 Å². The number of carbonyl (C=O) groups is 2. The van der Waals surface area contributed by atoms with E-state index in [0.717, 1.165) is 22.2 Å². The highest BCUT2D eigenvalue weighted by molar-refractivity contribution is 7.10. The highest BCUT2D eigenvalue weighted by Gasteiger charge is 2.35. The largest absolute Gasteiger partial charge is 0.497 e. The van der Waals surface area contributed by atoms with Crippen molar-refractivity contribution >= 4 is 39.7 Å². The van der Waals surface area contributed by atoms with Crippen LogP contribution in [0.15, 0.2) is 72.2 Å². The van der Waals surface area contributed by atoms with Crippen LogP contribution in [0.25, 0.3) is 10.9 Å². The number of anilines is 1. The van der Waals surface area contributed by atoms with Crippen molar-refractivity contribution in [2.24, 2.45) is 5.92 Å². The molecule has 1 saturated heterocycles. The molecule has 168 valence electrons. The van der Waals surface area contributed by atoms with Crippen LogP contribution in [0.4, 0.5) is 5.69 Å². The maximum Gasteiger partial charge on any atom is 0.227 e. The van der Waals surface area contributed by atoms with Crippen molar-refractivity contribution in [2.75, 3.05) is 25.1 Å². The third kappa shape index (κ3) is 4.24. The normalized spacial score (nSPS) is 16.8. The number of H-pyrrole nitrogens is 1. The van der Waals surface area contributed by atoms with Crippen molar-refractivity contribution in [1.82, 2.24) is 10.3 Å². The minimum atomic E-state index is -0.379. The second-order valence-corrected chi connectivity index (χ2v) is 9.19. The summed E-state index contributed by atoms with van der Waals surface area (Å²) in [4.78, 5) is 31.9. The lowest BCUT2D eigenvalue weighted by Crippen LogP contribution is -2.35. The molecule has 0 spiro atoms. The van der Waals surface area contributed by atoms with Gasteiger partial charge in [-0.2, -0.15) is 0 Å². The number of ether oxygens (including phenoxy) is 1. The van der Waals surface area contributed by atoms with E-state index in [9.17, 15) is 9.59 Å². The van der Waals surface area contributed by atoms with Gasteiger partial charge in [-0.1, -0.05) is 30.3 Å². The molecule has 2 N–H and O–H groups in total. The summed E-state index contributed by atoms with van der Waals surface area (Å²) >= 11 is 1.68. The predicted molar refractivity (Wildman–Crippen MR) is 131 cm³/mol. The first-order valence-corrected chi connectivity index (χ1v) is 11.8. The number of hydrogen-bond donors (Lipinski definition) is 2. The zero-order valence-corrected chi connectivity index (χ0v) is 19.1. The summed E-state index contributed by atoms with van der Waals surface area (Å²) in [7, 11) is 1.60. The maximum absolute atomic E-state index is 13.1. The minimum Gasteiger partial charge on any atom is -0.497 e. The van der Waals surface area contributed by atoms with Crippen LogP contribution in [-0.4, -0.2) is 37.0 Å². The van der Waals surface area contributed by atoms with Crippen LogP contribution in [0, 0.1) is 5.92 Å². The first-order valence-electron chi connectivity index (χ1n) is 11.0. The molecular weight excluding hydrogens is 434 g/mol. The molecule has 5 rings (SSSR count). The Morgan fingerprint density at radius 2 is 2.09 bits per heavy atom. The Labute approximate surface area is 196 Å². The van der Waals surface area contributed by atoms with Gasteiger partial charge in [0.05, 0.1) is 13.0 Å².